The smallest absolute Gasteiger partial charge is 0.257 e. The molecule has 1 saturated carbocycles. The topological polar surface area (TPSA) is 58.7 Å². The molecule has 2 atom stereocenters. The SMILES string of the molecule is O=C(CSc1nc2ccccc2o1)N1N=C2/C(=C\c3ccc(F)cc3)CCCC2C1c1ccc(F)cc1. The summed E-state index contributed by atoms with van der Waals surface area (Å²) in [6.07, 6.45) is 4.65. The fourth-order valence-corrected chi connectivity index (χ4v) is 5.75. The molecule has 1 aromatic heterocycles. The highest BCUT2D eigenvalue weighted by molar-refractivity contribution is 7.99. The summed E-state index contributed by atoms with van der Waals surface area (Å²) in [5.74, 6) is -0.696. The third-order valence-electron chi connectivity index (χ3n) is 6.77. The summed E-state index contributed by atoms with van der Waals surface area (Å²) < 4.78 is 32.9. The molecule has 6 rings (SSSR count). The highest BCUT2D eigenvalue weighted by Crippen LogP contribution is 2.44. The minimum Gasteiger partial charge on any atom is -0.431 e. The van der Waals surface area contributed by atoms with E-state index in [9.17, 15) is 13.6 Å². The van der Waals surface area contributed by atoms with Gasteiger partial charge in [-0.05, 0) is 78.4 Å². The number of carbonyl (C=O) groups is 1. The molecule has 186 valence electrons. The van der Waals surface area contributed by atoms with Gasteiger partial charge in [-0.25, -0.2) is 18.8 Å². The molecule has 0 spiro atoms. The van der Waals surface area contributed by atoms with Crippen LogP contribution in [0, 0.1) is 17.6 Å². The van der Waals surface area contributed by atoms with Crippen molar-refractivity contribution in [3.05, 3.63) is 101 Å². The van der Waals surface area contributed by atoms with Crippen molar-refractivity contribution < 1.29 is 18.0 Å². The van der Waals surface area contributed by atoms with Crippen molar-refractivity contribution >= 4 is 40.6 Å². The Hall–Kier alpha value is -3.78. The van der Waals surface area contributed by atoms with Crippen LogP contribution in [-0.4, -0.2) is 27.4 Å². The predicted molar refractivity (Wildman–Crippen MR) is 140 cm³/mol. The number of para-hydroxylation sites is 2. The van der Waals surface area contributed by atoms with Gasteiger partial charge in [0.05, 0.1) is 17.5 Å². The Labute approximate surface area is 216 Å². The molecule has 4 aromatic rings. The molecule has 1 fully saturated rings. The van der Waals surface area contributed by atoms with Crippen molar-refractivity contribution in [1.29, 1.82) is 0 Å². The molecule has 2 aliphatic rings. The predicted octanol–water partition coefficient (Wildman–Crippen LogP) is 7.02. The number of hydrogen-bond acceptors (Lipinski definition) is 5. The van der Waals surface area contributed by atoms with Crippen LogP contribution in [0.1, 0.15) is 36.4 Å². The van der Waals surface area contributed by atoms with Gasteiger partial charge in [-0.3, -0.25) is 4.79 Å². The van der Waals surface area contributed by atoms with Crippen LogP contribution in [0.5, 0.6) is 0 Å². The largest absolute Gasteiger partial charge is 0.431 e. The van der Waals surface area contributed by atoms with Crippen molar-refractivity contribution in [3.8, 4) is 0 Å². The molecular formula is C29H23F2N3O2S. The number of nitrogens with zero attached hydrogens (tertiary/aromatic N) is 3. The molecule has 0 bridgehead atoms. The molecule has 5 nitrogen and oxygen atoms in total. The first-order valence-electron chi connectivity index (χ1n) is 12.2. The summed E-state index contributed by atoms with van der Waals surface area (Å²) >= 11 is 1.23. The number of halogens is 2. The lowest BCUT2D eigenvalue weighted by Crippen LogP contribution is -2.32. The summed E-state index contributed by atoms with van der Waals surface area (Å²) in [4.78, 5) is 18.0. The van der Waals surface area contributed by atoms with Gasteiger partial charge in [0.2, 0.25) is 0 Å². The second kappa shape index (κ2) is 9.94. The number of carbonyl (C=O) groups excluding carboxylic acids is 1. The lowest BCUT2D eigenvalue weighted by molar-refractivity contribution is -0.130. The van der Waals surface area contributed by atoms with E-state index in [4.69, 9.17) is 9.52 Å². The van der Waals surface area contributed by atoms with Gasteiger partial charge in [-0.1, -0.05) is 48.2 Å². The molecule has 37 heavy (non-hydrogen) atoms. The molecule has 8 heteroatoms. The Balaban J connectivity index is 1.31. The fourth-order valence-electron chi connectivity index (χ4n) is 5.06. The molecule has 2 unspecified atom stereocenters. The maximum absolute atomic E-state index is 13.7. The highest BCUT2D eigenvalue weighted by Gasteiger charge is 2.43. The van der Waals surface area contributed by atoms with E-state index in [1.165, 1.54) is 36.0 Å². The highest BCUT2D eigenvalue weighted by atomic mass is 32.2. The van der Waals surface area contributed by atoms with Crippen LogP contribution in [0.4, 0.5) is 8.78 Å². The van der Waals surface area contributed by atoms with Gasteiger partial charge in [-0.15, -0.1) is 0 Å². The van der Waals surface area contributed by atoms with E-state index in [0.29, 0.717) is 10.8 Å². The van der Waals surface area contributed by atoms with Crippen LogP contribution < -0.4 is 0 Å². The van der Waals surface area contributed by atoms with Crippen molar-refractivity contribution in [2.24, 2.45) is 11.0 Å². The van der Waals surface area contributed by atoms with Gasteiger partial charge in [0, 0.05) is 5.92 Å². The van der Waals surface area contributed by atoms with Gasteiger partial charge in [0.1, 0.15) is 17.2 Å². The zero-order valence-electron chi connectivity index (χ0n) is 19.8. The van der Waals surface area contributed by atoms with Crippen LogP contribution in [0.25, 0.3) is 17.2 Å². The van der Waals surface area contributed by atoms with Crippen LogP contribution >= 0.6 is 11.8 Å². The van der Waals surface area contributed by atoms with Crippen molar-refractivity contribution in [1.82, 2.24) is 9.99 Å². The number of hydrazone groups is 1. The number of thioether (sulfide) groups is 1. The first kappa shape index (κ1) is 23.6. The molecule has 3 aromatic carbocycles. The summed E-state index contributed by atoms with van der Waals surface area (Å²) in [5, 5.41) is 6.81. The number of benzene rings is 3. The Morgan fingerprint density at radius 1 is 1.03 bits per heavy atom. The summed E-state index contributed by atoms with van der Waals surface area (Å²) in [6.45, 7) is 0. The lowest BCUT2D eigenvalue weighted by Gasteiger charge is -2.29. The van der Waals surface area contributed by atoms with Gasteiger partial charge in [0.25, 0.3) is 11.1 Å². The molecule has 1 amide bonds. The lowest BCUT2D eigenvalue weighted by atomic mass is 9.77. The Morgan fingerprint density at radius 3 is 2.51 bits per heavy atom. The number of oxazole rings is 1. The standard InChI is InChI=1S/C29H23F2N3O2S/c30-21-12-8-18(9-13-21)16-20-4-3-5-23-27(20)33-34(28(23)19-10-14-22(31)15-11-19)26(35)17-37-29-32-24-6-1-2-7-25(24)36-29/h1-2,6-16,23,28H,3-5,17H2/b20-16-. The van der Waals surface area contributed by atoms with E-state index < -0.39 is 0 Å². The Morgan fingerprint density at radius 2 is 1.76 bits per heavy atom. The number of amides is 1. The van der Waals surface area contributed by atoms with Gasteiger partial charge >= 0.3 is 0 Å². The van der Waals surface area contributed by atoms with E-state index >= 15 is 0 Å². The second-order valence-electron chi connectivity index (χ2n) is 9.18. The number of allylic oxidation sites excluding steroid dienone is 1. The molecule has 1 aliphatic heterocycles. The van der Waals surface area contributed by atoms with Crippen LogP contribution in [0.2, 0.25) is 0 Å². The zero-order valence-corrected chi connectivity index (χ0v) is 20.6. The Bertz CT molecular complexity index is 1480. The quantitative estimate of drug-likeness (QED) is 0.268. The third kappa shape index (κ3) is 4.81. The second-order valence-corrected chi connectivity index (χ2v) is 10.1. The minimum absolute atomic E-state index is 0.0100. The molecule has 0 radical (unpaired) electrons. The summed E-state index contributed by atoms with van der Waals surface area (Å²) in [7, 11) is 0. The van der Waals surface area contributed by atoms with E-state index in [2.05, 4.69) is 4.98 Å². The van der Waals surface area contributed by atoms with Crippen LogP contribution in [0.15, 0.2) is 93.1 Å². The summed E-state index contributed by atoms with van der Waals surface area (Å²) in [5.41, 5.74) is 5.04. The van der Waals surface area contributed by atoms with Crippen LogP contribution in [0.3, 0.4) is 0 Å². The molecule has 1 aliphatic carbocycles. The maximum Gasteiger partial charge on any atom is 0.257 e. The fraction of sp³-hybridized carbons (Fsp3) is 0.207. The number of rotatable bonds is 5. The molecular weight excluding hydrogens is 492 g/mol. The van der Waals surface area contributed by atoms with Crippen molar-refractivity contribution in [2.45, 2.75) is 30.5 Å². The molecule has 2 heterocycles. The zero-order chi connectivity index (χ0) is 25.4. The van der Waals surface area contributed by atoms with E-state index in [1.54, 1.807) is 29.3 Å². The van der Waals surface area contributed by atoms with Gasteiger partial charge < -0.3 is 4.42 Å². The van der Waals surface area contributed by atoms with E-state index in [-0.39, 0.29) is 35.3 Å². The summed E-state index contributed by atoms with van der Waals surface area (Å²) in [6, 6.07) is 19.8. The first-order chi connectivity index (χ1) is 18.0. The number of hydrogen-bond donors (Lipinski definition) is 0. The number of fused-ring (bicyclic) bond motifs is 2. The number of aromatic nitrogens is 1. The van der Waals surface area contributed by atoms with Crippen molar-refractivity contribution in [2.75, 3.05) is 5.75 Å². The average molecular weight is 516 g/mol. The van der Waals surface area contributed by atoms with Crippen LogP contribution in [-0.2, 0) is 4.79 Å². The molecule has 0 N–H and O–H groups in total. The monoisotopic (exact) mass is 515 g/mol. The van der Waals surface area contributed by atoms with Crippen molar-refractivity contribution in [3.63, 3.8) is 0 Å². The maximum atomic E-state index is 13.7. The van der Waals surface area contributed by atoms with Gasteiger partial charge in [-0.2, -0.15) is 5.10 Å². The Kier molecular flexibility index (Phi) is 6.34. The minimum atomic E-state index is -0.329. The molecule has 0 saturated heterocycles. The first-order valence-corrected chi connectivity index (χ1v) is 13.1. The third-order valence-corrected chi connectivity index (χ3v) is 7.59. The average Bonchev–Trinajstić information content (AvgIpc) is 3.51. The normalized spacial score (nSPS) is 20.3. The van der Waals surface area contributed by atoms with E-state index in [0.717, 1.165) is 47.2 Å². The van der Waals surface area contributed by atoms with E-state index in [1.807, 2.05) is 30.3 Å². The van der Waals surface area contributed by atoms with Gasteiger partial charge in [0.15, 0.2) is 5.58 Å².